The van der Waals surface area contributed by atoms with Crippen molar-refractivity contribution < 1.29 is 28.6 Å². The predicted molar refractivity (Wildman–Crippen MR) is 101 cm³/mol. The average molecular weight is 400 g/mol. The zero-order valence-electron chi connectivity index (χ0n) is 15.7. The van der Waals surface area contributed by atoms with E-state index in [1.165, 1.54) is 4.90 Å². The van der Waals surface area contributed by atoms with Gasteiger partial charge in [-0.05, 0) is 44.5 Å². The molecule has 1 aromatic carbocycles. The molecule has 0 saturated heterocycles. The van der Waals surface area contributed by atoms with E-state index >= 15 is 0 Å². The SMILES string of the molecule is CCOC(=O)CCN(CCCOc1ccc(Cl)cc1)C(=O)CC(=O)OCC. The Morgan fingerprint density at radius 2 is 1.59 bits per heavy atom. The zero-order valence-corrected chi connectivity index (χ0v) is 16.5. The van der Waals surface area contributed by atoms with E-state index in [1.807, 2.05) is 0 Å². The topological polar surface area (TPSA) is 82.1 Å². The van der Waals surface area contributed by atoms with Crippen molar-refractivity contribution in [2.75, 3.05) is 32.9 Å². The number of carbonyl (C=O) groups is 3. The number of nitrogens with zero attached hydrogens (tertiary/aromatic N) is 1. The van der Waals surface area contributed by atoms with Gasteiger partial charge in [-0.2, -0.15) is 0 Å². The molecule has 0 heterocycles. The van der Waals surface area contributed by atoms with Crippen LogP contribution in [0.15, 0.2) is 24.3 Å². The molecule has 0 aliphatic heterocycles. The Kier molecular flexibility index (Phi) is 10.9. The van der Waals surface area contributed by atoms with Gasteiger partial charge >= 0.3 is 11.9 Å². The summed E-state index contributed by atoms with van der Waals surface area (Å²) in [6.07, 6.45) is 0.259. The molecule has 0 fully saturated rings. The Morgan fingerprint density at radius 3 is 2.22 bits per heavy atom. The van der Waals surface area contributed by atoms with Gasteiger partial charge < -0.3 is 19.1 Å². The lowest BCUT2D eigenvalue weighted by atomic mass is 10.3. The Balaban J connectivity index is 2.50. The molecule has 0 bridgehead atoms. The number of carbonyl (C=O) groups excluding carboxylic acids is 3. The number of hydrogen-bond donors (Lipinski definition) is 0. The van der Waals surface area contributed by atoms with E-state index in [0.717, 1.165) is 0 Å². The normalized spacial score (nSPS) is 10.2. The highest BCUT2D eigenvalue weighted by molar-refractivity contribution is 6.30. The van der Waals surface area contributed by atoms with Gasteiger partial charge in [-0.15, -0.1) is 0 Å². The van der Waals surface area contributed by atoms with Crippen molar-refractivity contribution in [3.05, 3.63) is 29.3 Å². The molecule has 150 valence electrons. The third kappa shape index (κ3) is 9.84. The summed E-state index contributed by atoms with van der Waals surface area (Å²) in [5, 5.41) is 0.622. The van der Waals surface area contributed by atoms with Crippen LogP contribution in [-0.4, -0.2) is 55.7 Å². The Bertz CT molecular complexity index is 605. The standard InChI is InChI=1S/C19H26ClNO6/c1-3-25-18(23)10-12-21(17(22)14-19(24)26-4-2)11-5-13-27-16-8-6-15(20)7-9-16/h6-9H,3-5,10-14H2,1-2H3. The Labute approximate surface area is 164 Å². The number of esters is 2. The van der Waals surface area contributed by atoms with Gasteiger partial charge in [0.1, 0.15) is 12.2 Å². The molecule has 1 rings (SSSR count). The second kappa shape index (κ2) is 13.0. The van der Waals surface area contributed by atoms with Gasteiger partial charge in [0, 0.05) is 18.1 Å². The van der Waals surface area contributed by atoms with Gasteiger partial charge in [0.05, 0.1) is 26.2 Å². The lowest BCUT2D eigenvalue weighted by molar-refractivity contribution is -0.148. The predicted octanol–water partition coefficient (Wildman–Crippen LogP) is 2.84. The molecule has 1 amide bonds. The lowest BCUT2D eigenvalue weighted by Crippen LogP contribution is -2.36. The van der Waals surface area contributed by atoms with Crippen LogP contribution in [0.2, 0.25) is 5.02 Å². The molecule has 8 heteroatoms. The fourth-order valence-corrected chi connectivity index (χ4v) is 2.37. The van der Waals surface area contributed by atoms with E-state index in [0.29, 0.717) is 30.3 Å². The summed E-state index contributed by atoms with van der Waals surface area (Å²) < 4.78 is 15.3. The molecule has 0 radical (unpaired) electrons. The Morgan fingerprint density at radius 1 is 0.963 bits per heavy atom. The van der Waals surface area contributed by atoms with Crippen molar-refractivity contribution in [2.45, 2.75) is 33.1 Å². The maximum Gasteiger partial charge on any atom is 0.315 e. The number of benzene rings is 1. The number of rotatable bonds is 12. The molecule has 0 aromatic heterocycles. The van der Waals surface area contributed by atoms with Crippen molar-refractivity contribution in [2.24, 2.45) is 0 Å². The minimum Gasteiger partial charge on any atom is -0.494 e. The van der Waals surface area contributed by atoms with Crippen LogP contribution in [0.25, 0.3) is 0 Å². The molecule has 0 spiro atoms. The minimum absolute atomic E-state index is 0.0699. The van der Waals surface area contributed by atoms with Crippen LogP contribution in [0.4, 0.5) is 0 Å². The van der Waals surface area contributed by atoms with Crippen LogP contribution >= 0.6 is 11.6 Å². The third-order valence-corrected chi connectivity index (χ3v) is 3.75. The largest absolute Gasteiger partial charge is 0.494 e. The first-order valence-corrected chi connectivity index (χ1v) is 9.31. The summed E-state index contributed by atoms with van der Waals surface area (Å²) >= 11 is 5.82. The van der Waals surface area contributed by atoms with Gasteiger partial charge in [0.2, 0.25) is 5.91 Å². The van der Waals surface area contributed by atoms with E-state index in [-0.39, 0.29) is 44.5 Å². The summed E-state index contributed by atoms with van der Waals surface area (Å²) in [7, 11) is 0. The molecule has 0 saturated carbocycles. The van der Waals surface area contributed by atoms with Gasteiger partial charge in [-0.1, -0.05) is 11.6 Å². The zero-order chi connectivity index (χ0) is 20.1. The first-order chi connectivity index (χ1) is 13.0. The van der Waals surface area contributed by atoms with Crippen molar-refractivity contribution >= 4 is 29.4 Å². The molecular formula is C19H26ClNO6. The van der Waals surface area contributed by atoms with Crippen molar-refractivity contribution in [1.29, 1.82) is 0 Å². The highest BCUT2D eigenvalue weighted by Gasteiger charge is 2.19. The van der Waals surface area contributed by atoms with E-state index in [9.17, 15) is 14.4 Å². The summed E-state index contributed by atoms with van der Waals surface area (Å²) in [5.74, 6) is -0.676. The van der Waals surface area contributed by atoms with Crippen molar-refractivity contribution in [3.63, 3.8) is 0 Å². The molecule has 1 aromatic rings. The number of ether oxygens (including phenoxy) is 3. The second-order valence-electron chi connectivity index (χ2n) is 5.57. The molecule has 0 aliphatic carbocycles. The van der Waals surface area contributed by atoms with Crippen LogP contribution in [0.1, 0.15) is 33.1 Å². The molecule has 27 heavy (non-hydrogen) atoms. The molecule has 0 aliphatic rings. The smallest absolute Gasteiger partial charge is 0.315 e. The number of amides is 1. The fourth-order valence-electron chi connectivity index (χ4n) is 2.24. The summed E-state index contributed by atoms with van der Waals surface area (Å²) in [6, 6.07) is 6.97. The van der Waals surface area contributed by atoms with Gasteiger partial charge in [-0.25, -0.2) is 0 Å². The molecule has 0 atom stereocenters. The summed E-state index contributed by atoms with van der Waals surface area (Å²) in [6.45, 7) is 4.80. The molecule has 0 N–H and O–H groups in total. The Hall–Kier alpha value is -2.28. The van der Waals surface area contributed by atoms with E-state index in [1.54, 1.807) is 38.1 Å². The summed E-state index contributed by atoms with van der Waals surface area (Å²) in [4.78, 5) is 36.9. The van der Waals surface area contributed by atoms with Crippen LogP contribution in [0, 0.1) is 0 Å². The average Bonchev–Trinajstić information content (AvgIpc) is 2.62. The molecule has 7 nitrogen and oxygen atoms in total. The number of hydrogen-bond acceptors (Lipinski definition) is 6. The van der Waals surface area contributed by atoms with Crippen LogP contribution in [0.3, 0.4) is 0 Å². The second-order valence-corrected chi connectivity index (χ2v) is 6.01. The molecular weight excluding hydrogens is 374 g/mol. The maximum absolute atomic E-state index is 12.3. The van der Waals surface area contributed by atoms with Crippen LogP contribution in [-0.2, 0) is 23.9 Å². The van der Waals surface area contributed by atoms with E-state index < -0.39 is 5.97 Å². The first kappa shape index (κ1) is 22.8. The van der Waals surface area contributed by atoms with Crippen molar-refractivity contribution in [1.82, 2.24) is 4.90 Å². The van der Waals surface area contributed by atoms with Gasteiger partial charge in [0.15, 0.2) is 0 Å². The number of halogens is 1. The quantitative estimate of drug-likeness (QED) is 0.305. The van der Waals surface area contributed by atoms with E-state index in [4.69, 9.17) is 25.8 Å². The minimum atomic E-state index is -0.582. The van der Waals surface area contributed by atoms with Gasteiger partial charge in [-0.3, -0.25) is 14.4 Å². The van der Waals surface area contributed by atoms with E-state index in [2.05, 4.69) is 0 Å². The van der Waals surface area contributed by atoms with Gasteiger partial charge in [0.25, 0.3) is 0 Å². The fraction of sp³-hybridized carbons (Fsp3) is 0.526. The monoisotopic (exact) mass is 399 g/mol. The highest BCUT2D eigenvalue weighted by Crippen LogP contribution is 2.15. The molecule has 0 unspecified atom stereocenters. The van der Waals surface area contributed by atoms with Crippen molar-refractivity contribution in [3.8, 4) is 5.75 Å². The first-order valence-electron chi connectivity index (χ1n) is 8.93. The third-order valence-electron chi connectivity index (χ3n) is 3.50. The summed E-state index contributed by atoms with van der Waals surface area (Å²) in [5.41, 5.74) is 0. The maximum atomic E-state index is 12.3. The highest BCUT2D eigenvalue weighted by atomic mass is 35.5. The van der Waals surface area contributed by atoms with Crippen LogP contribution in [0.5, 0.6) is 5.75 Å². The van der Waals surface area contributed by atoms with Crippen LogP contribution < -0.4 is 4.74 Å². The lowest BCUT2D eigenvalue weighted by Gasteiger charge is -2.22.